The summed E-state index contributed by atoms with van der Waals surface area (Å²) < 4.78 is 6.05. The Bertz CT molecular complexity index is 880. The molecule has 3 rings (SSSR count). The van der Waals surface area contributed by atoms with Crippen molar-refractivity contribution in [1.82, 2.24) is 0 Å². The van der Waals surface area contributed by atoms with E-state index in [1.807, 2.05) is 63.2 Å². The third kappa shape index (κ3) is 6.61. The normalized spacial score (nSPS) is 14.4. The molecule has 0 atom stereocenters. The third-order valence-corrected chi connectivity index (χ3v) is 5.23. The minimum atomic E-state index is -0.477. The first-order valence-electron chi connectivity index (χ1n) is 10.8. The van der Waals surface area contributed by atoms with Gasteiger partial charge in [0, 0.05) is 23.2 Å². The predicted octanol–water partition coefficient (Wildman–Crippen LogP) is 5.56. The van der Waals surface area contributed by atoms with Crippen LogP contribution in [0.1, 0.15) is 58.4 Å². The second-order valence-electron chi connectivity index (χ2n) is 9.00. The van der Waals surface area contributed by atoms with Crippen molar-refractivity contribution in [2.45, 2.75) is 65.4 Å². The molecule has 2 N–H and O–H groups in total. The Morgan fingerprint density at radius 1 is 0.967 bits per heavy atom. The van der Waals surface area contributed by atoms with Crippen molar-refractivity contribution in [1.29, 1.82) is 0 Å². The van der Waals surface area contributed by atoms with E-state index in [1.165, 1.54) is 12.8 Å². The Kier molecular flexibility index (Phi) is 7.14. The lowest BCUT2D eigenvalue weighted by molar-refractivity contribution is -0.123. The lowest BCUT2D eigenvalue weighted by atomic mass is 9.95. The number of ether oxygens (including phenoxy) is 1. The van der Waals surface area contributed by atoms with Crippen LogP contribution in [0.15, 0.2) is 48.5 Å². The highest BCUT2D eigenvalue weighted by atomic mass is 16.5. The van der Waals surface area contributed by atoms with Gasteiger partial charge in [-0.25, -0.2) is 0 Å². The molecule has 1 aliphatic rings. The number of carbonyl (C=O) groups is 2. The highest BCUT2D eigenvalue weighted by Gasteiger charge is 2.21. The quantitative estimate of drug-likeness (QED) is 0.630. The van der Waals surface area contributed by atoms with Crippen LogP contribution in [0.4, 0.5) is 11.4 Å². The standard InChI is InChI=1S/C25H32N2O3/c1-25(2,3)24(29)27-20-10-7-9-19(17-20)26-23(28)15-14-18-8-6-13-22(16-18)30-21-11-4-5-12-21/h6-10,13,16-17,21H,4-5,11-12,14-15H2,1-3H3,(H,26,28)(H,27,29). The van der Waals surface area contributed by atoms with Gasteiger partial charge in [0.15, 0.2) is 0 Å². The maximum atomic E-state index is 12.4. The van der Waals surface area contributed by atoms with Gasteiger partial charge in [0.25, 0.3) is 0 Å². The van der Waals surface area contributed by atoms with Gasteiger partial charge in [-0.15, -0.1) is 0 Å². The molecule has 1 fully saturated rings. The van der Waals surface area contributed by atoms with Crippen LogP contribution >= 0.6 is 0 Å². The van der Waals surface area contributed by atoms with Crippen molar-refractivity contribution in [3.63, 3.8) is 0 Å². The van der Waals surface area contributed by atoms with Gasteiger partial charge in [-0.05, 0) is 68.0 Å². The van der Waals surface area contributed by atoms with E-state index < -0.39 is 5.41 Å². The molecular formula is C25H32N2O3. The molecule has 1 aliphatic carbocycles. The van der Waals surface area contributed by atoms with Crippen molar-refractivity contribution >= 4 is 23.2 Å². The second kappa shape index (κ2) is 9.79. The number of aryl methyl sites for hydroxylation is 1. The lowest BCUT2D eigenvalue weighted by Gasteiger charge is -2.18. The van der Waals surface area contributed by atoms with E-state index in [2.05, 4.69) is 10.6 Å². The van der Waals surface area contributed by atoms with E-state index >= 15 is 0 Å². The molecule has 30 heavy (non-hydrogen) atoms. The van der Waals surface area contributed by atoms with Crippen LogP contribution in [0, 0.1) is 5.41 Å². The summed E-state index contributed by atoms with van der Waals surface area (Å²) in [5, 5.41) is 5.80. The molecule has 5 nitrogen and oxygen atoms in total. The van der Waals surface area contributed by atoms with Crippen molar-refractivity contribution in [2.75, 3.05) is 10.6 Å². The molecule has 5 heteroatoms. The number of anilines is 2. The SMILES string of the molecule is CC(C)(C)C(=O)Nc1cccc(NC(=O)CCc2cccc(OC3CCCC3)c2)c1. The highest BCUT2D eigenvalue weighted by molar-refractivity contribution is 5.96. The lowest BCUT2D eigenvalue weighted by Crippen LogP contribution is -2.27. The summed E-state index contributed by atoms with van der Waals surface area (Å²) in [6.07, 6.45) is 6.09. The number of nitrogens with one attached hydrogen (secondary N) is 2. The summed E-state index contributed by atoms with van der Waals surface area (Å²) in [7, 11) is 0. The van der Waals surface area contributed by atoms with E-state index in [1.54, 1.807) is 6.07 Å². The zero-order chi connectivity index (χ0) is 21.6. The molecular weight excluding hydrogens is 376 g/mol. The van der Waals surface area contributed by atoms with Crippen LogP contribution in [-0.4, -0.2) is 17.9 Å². The van der Waals surface area contributed by atoms with E-state index in [4.69, 9.17) is 4.74 Å². The first kappa shape index (κ1) is 21.9. The maximum absolute atomic E-state index is 12.4. The number of hydrogen-bond acceptors (Lipinski definition) is 3. The third-order valence-electron chi connectivity index (χ3n) is 5.23. The van der Waals surface area contributed by atoms with Crippen LogP contribution in [0.3, 0.4) is 0 Å². The fourth-order valence-electron chi connectivity index (χ4n) is 3.45. The number of rotatable bonds is 7. The van der Waals surface area contributed by atoms with Crippen LogP contribution in [0.5, 0.6) is 5.75 Å². The minimum absolute atomic E-state index is 0.0589. The van der Waals surface area contributed by atoms with E-state index in [0.29, 0.717) is 30.3 Å². The zero-order valence-corrected chi connectivity index (χ0v) is 18.2. The molecule has 0 heterocycles. The summed E-state index contributed by atoms with van der Waals surface area (Å²) in [6, 6.07) is 15.3. The highest BCUT2D eigenvalue weighted by Crippen LogP contribution is 2.25. The van der Waals surface area contributed by atoms with Crippen molar-refractivity contribution in [3.8, 4) is 5.75 Å². The monoisotopic (exact) mass is 408 g/mol. The summed E-state index contributed by atoms with van der Waals surface area (Å²) in [5.41, 5.74) is 1.95. The average Bonchev–Trinajstić information content (AvgIpc) is 3.19. The minimum Gasteiger partial charge on any atom is -0.490 e. The molecule has 0 aromatic heterocycles. The maximum Gasteiger partial charge on any atom is 0.229 e. The summed E-state index contributed by atoms with van der Waals surface area (Å²) in [5.74, 6) is 0.768. The summed E-state index contributed by atoms with van der Waals surface area (Å²) in [6.45, 7) is 5.59. The topological polar surface area (TPSA) is 67.4 Å². The number of amides is 2. The summed E-state index contributed by atoms with van der Waals surface area (Å²) >= 11 is 0. The van der Waals surface area contributed by atoms with Crippen LogP contribution < -0.4 is 15.4 Å². The van der Waals surface area contributed by atoms with E-state index in [9.17, 15) is 9.59 Å². The largest absolute Gasteiger partial charge is 0.490 e. The van der Waals surface area contributed by atoms with Gasteiger partial charge in [0.2, 0.25) is 11.8 Å². The molecule has 160 valence electrons. The Balaban J connectivity index is 1.51. The van der Waals surface area contributed by atoms with Gasteiger partial charge in [-0.3, -0.25) is 9.59 Å². The van der Waals surface area contributed by atoms with Gasteiger partial charge < -0.3 is 15.4 Å². The number of benzene rings is 2. The predicted molar refractivity (Wildman–Crippen MR) is 121 cm³/mol. The molecule has 0 saturated heterocycles. The average molecular weight is 409 g/mol. The second-order valence-corrected chi connectivity index (χ2v) is 9.00. The van der Waals surface area contributed by atoms with Crippen LogP contribution in [0.2, 0.25) is 0 Å². The Morgan fingerprint density at radius 3 is 2.33 bits per heavy atom. The van der Waals surface area contributed by atoms with Gasteiger partial charge >= 0.3 is 0 Å². The fraction of sp³-hybridized carbons (Fsp3) is 0.440. The first-order valence-corrected chi connectivity index (χ1v) is 10.8. The smallest absolute Gasteiger partial charge is 0.229 e. The van der Waals surface area contributed by atoms with Gasteiger partial charge in [-0.2, -0.15) is 0 Å². The Labute approximate surface area is 179 Å². The van der Waals surface area contributed by atoms with E-state index in [0.717, 1.165) is 24.2 Å². The molecule has 2 aromatic rings. The van der Waals surface area contributed by atoms with Crippen molar-refractivity contribution < 1.29 is 14.3 Å². The van der Waals surface area contributed by atoms with Crippen molar-refractivity contribution in [2.24, 2.45) is 5.41 Å². The van der Waals surface area contributed by atoms with Crippen molar-refractivity contribution in [3.05, 3.63) is 54.1 Å². The molecule has 0 unspecified atom stereocenters. The first-order chi connectivity index (χ1) is 14.3. The van der Waals surface area contributed by atoms with E-state index in [-0.39, 0.29) is 11.8 Å². The van der Waals surface area contributed by atoms with Crippen LogP contribution in [0.25, 0.3) is 0 Å². The molecule has 0 aliphatic heterocycles. The molecule has 0 bridgehead atoms. The molecule has 0 radical (unpaired) electrons. The summed E-state index contributed by atoms with van der Waals surface area (Å²) in [4.78, 5) is 24.6. The fourth-order valence-corrected chi connectivity index (χ4v) is 3.45. The Hall–Kier alpha value is -2.82. The van der Waals surface area contributed by atoms with Gasteiger partial charge in [-0.1, -0.05) is 39.0 Å². The Morgan fingerprint density at radius 2 is 1.63 bits per heavy atom. The number of hydrogen-bond donors (Lipinski definition) is 2. The van der Waals surface area contributed by atoms with Gasteiger partial charge in [0.1, 0.15) is 5.75 Å². The number of carbonyl (C=O) groups excluding carboxylic acids is 2. The molecule has 0 spiro atoms. The zero-order valence-electron chi connectivity index (χ0n) is 18.2. The molecule has 2 amide bonds. The molecule has 1 saturated carbocycles. The molecule has 2 aromatic carbocycles. The van der Waals surface area contributed by atoms with Gasteiger partial charge in [0.05, 0.1) is 6.10 Å². The van der Waals surface area contributed by atoms with Crippen LogP contribution in [-0.2, 0) is 16.0 Å².